The Morgan fingerprint density at radius 3 is 2.40 bits per heavy atom. The van der Waals surface area contributed by atoms with E-state index in [2.05, 4.69) is 16.8 Å². The van der Waals surface area contributed by atoms with E-state index in [-0.39, 0.29) is 31.4 Å². The molecule has 0 radical (unpaired) electrons. The summed E-state index contributed by atoms with van der Waals surface area (Å²) in [7, 11) is 1.62. The second kappa shape index (κ2) is 15.2. The van der Waals surface area contributed by atoms with Gasteiger partial charge in [-0.3, -0.25) is 14.5 Å². The Balaban J connectivity index is 1.25. The van der Waals surface area contributed by atoms with Crippen molar-refractivity contribution in [1.29, 1.82) is 0 Å². The van der Waals surface area contributed by atoms with Gasteiger partial charge in [-0.1, -0.05) is 73.2 Å². The van der Waals surface area contributed by atoms with Crippen molar-refractivity contribution in [1.82, 2.24) is 20.1 Å². The van der Waals surface area contributed by atoms with E-state index in [0.29, 0.717) is 23.4 Å². The summed E-state index contributed by atoms with van der Waals surface area (Å²) in [4.78, 5) is 51.3. The molecule has 10 heteroatoms. The largest absolute Gasteiger partial charge is 0.497 e. The Labute approximate surface area is 304 Å². The Morgan fingerprint density at radius 2 is 1.73 bits per heavy atom. The number of piperidine rings is 1. The molecule has 5 atom stereocenters. The van der Waals surface area contributed by atoms with Crippen molar-refractivity contribution in [2.75, 3.05) is 33.4 Å². The third kappa shape index (κ3) is 6.99. The van der Waals surface area contributed by atoms with Crippen LogP contribution in [0.4, 0.5) is 0 Å². The van der Waals surface area contributed by atoms with Gasteiger partial charge in [0.25, 0.3) is 0 Å². The van der Waals surface area contributed by atoms with Gasteiger partial charge >= 0.3 is 5.97 Å². The van der Waals surface area contributed by atoms with E-state index in [1.54, 1.807) is 25.0 Å². The van der Waals surface area contributed by atoms with Crippen molar-refractivity contribution in [3.8, 4) is 22.8 Å². The highest BCUT2D eigenvalue weighted by molar-refractivity contribution is 5.96. The van der Waals surface area contributed by atoms with Gasteiger partial charge in [-0.25, -0.2) is 9.78 Å². The van der Waals surface area contributed by atoms with Crippen LogP contribution in [-0.4, -0.2) is 83.6 Å². The van der Waals surface area contributed by atoms with E-state index in [4.69, 9.17) is 19.2 Å². The van der Waals surface area contributed by atoms with Crippen LogP contribution in [0.1, 0.15) is 50.6 Å². The molecule has 3 aliphatic rings. The zero-order chi connectivity index (χ0) is 36.2. The third-order valence-corrected chi connectivity index (χ3v) is 10.6. The fraction of sp³-hybridized carbons (Fsp3) is 0.381. The molecule has 3 heterocycles. The maximum atomic E-state index is 14.9. The maximum Gasteiger partial charge on any atom is 0.332 e. The number of carbonyl (C=O) groups is 3. The molecule has 270 valence electrons. The molecular formula is C42H46N4O6. The number of carbonyl (C=O) groups excluding carboxylic acids is 3. The van der Waals surface area contributed by atoms with E-state index in [1.807, 2.05) is 84.9 Å². The molecule has 2 unspecified atom stereocenters. The van der Waals surface area contributed by atoms with E-state index < -0.39 is 35.6 Å². The zero-order valence-corrected chi connectivity index (χ0v) is 29.8. The first-order chi connectivity index (χ1) is 25.3. The van der Waals surface area contributed by atoms with Crippen LogP contribution in [0, 0.1) is 5.92 Å². The third-order valence-electron chi connectivity index (χ3n) is 10.6. The number of nitrogens with zero attached hydrogens (tertiary/aromatic N) is 3. The molecule has 3 fully saturated rings. The van der Waals surface area contributed by atoms with Crippen molar-refractivity contribution >= 4 is 28.7 Å². The van der Waals surface area contributed by atoms with E-state index in [9.17, 15) is 14.4 Å². The normalized spacial score (nSPS) is 23.4. The highest BCUT2D eigenvalue weighted by Crippen LogP contribution is 2.46. The number of methoxy groups -OCH3 is 1. The van der Waals surface area contributed by atoms with Crippen LogP contribution in [-0.2, 0) is 19.1 Å². The van der Waals surface area contributed by atoms with Gasteiger partial charge < -0.3 is 24.4 Å². The van der Waals surface area contributed by atoms with Gasteiger partial charge in [-0.15, -0.1) is 6.58 Å². The molecule has 1 saturated carbocycles. The smallest absolute Gasteiger partial charge is 0.332 e. The number of ether oxygens (including phenoxy) is 3. The number of esters is 1. The molecule has 1 N–H and O–H groups in total. The molecule has 2 amide bonds. The number of benzene rings is 3. The van der Waals surface area contributed by atoms with Crippen molar-refractivity contribution in [2.45, 2.75) is 62.8 Å². The Morgan fingerprint density at radius 1 is 1.00 bits per heavy atom. The van der Waals surface area contributed by atoms with Crippen LogP contribution < -0.4 is 14.8 Å². The number of likely N-dealkylation sites (tertiary alicyclic amines) is 2. The fourth-order valence-corrected chi connectivity index (χ4v) is 7.76. The summed E-state index contributed by atoms with van der Waals surface area (Å²) in [5.74, 6) is -0.0396. The number of hydrogen-bond donors (Lipinski definition) is 1. The van der Waals surface area contributed by atoms with Crippen LogP contribution in [0.25, 0.3) is 22.2 Å². The lowest BCUT2D eigenvalue weighted by molar-refractivity contribution is -0.150. The van der Waals surface area contributed by atoms with Crippen LogP contribution in [0.15, 0.2) is 97.6 Å². The molecule has 52 heavy (non-hydrogen) atoms. The summed E-state index contributed by atoms with van der Waals surface area (Å²) in [6.07, 6.45) is 4.90. The van der Waals surface area contributed by atoms with E-state index >= 15 is 0 Å². The van der Waals surface area contributed by atoms with E-state index in [0.717, 1.165) is 54.6 Å². The van der Waals surface area contributed by atoms with Crippen LogP contribution in [0.3, 0.4) is 0 Å². The van der Waals surface area contributed by atoms with Gasteiger partial charge in [0.15, 0.2) is 0 Å². The van der Waals surface area contributed by atoms with Crippen LogP contribution >= 0.6 is 0 Å². The van der Waals surface area contributed by atoms with Gasteiger partial charge in [-0.2, -0.15) is 0 Å². The number of pyridine rings is 1. The Bertz CT molecular complexity index is 1930. The summed E-state index contributed by atoms with van der Waals surface area (Å²) >= 11 is 0. The fourth-order valence-electron chi connectivity index (χ4n) is 7.76. The number of hydrogen-bond acceptors (Lipinski definition) is 8. The van der Waals surface area contributed by atoms with Gasteiger partial charge in [0, 0.05) is 35.4 Å². The molecule has 2 saturated heterocycles. The lowest BCUT2D eigenvalue weighted by Crippen LogP contribution is -2.55. The second-order valence-corrected chi connectivity index (χ2v) is 13.9. The van der Waals surface area contributed by atoms with Crippen LogP contribution in [0.2, 0.25) is 0 Å². The first-order valence-electron chi connectivity index (χ1n) is 18.3. The number of nitrogens with one attached hydrogen (secondary N) is 1. The molecule has 3 aromatic carbocycles. The highest BCUT2D eigenvalue weighted by atomic mass is 16.5. The van der Waals surface area contributed by atoms with Gasteiger partial charge in [0.05, 0.1) is 31.5 Å². The molecule has 2 aliphatic heterocycles. The summed E-state index contributed by atoms with van der Waals surface area (Å²) in [6.45, 7) is 7.57. The predicted octanol–water partition coefficient (Wildman–Crippen LogP) is 6.11. The number of fused-ring (bicyclic) bond motifs is 1. The minimum atomic E-state index is -1.20. The maximum absolute atomic E-state index is 14.9. The van der Waals surface area contributed by atoms with Gasteiger partial charge in [0.1, 0.15) is 35.2 Å². The monoisotopic (exact) mass is 702 g/mol. The average molecular weight is 703 g/mol. The van der Waals surface area contributed by atoms with Crippen molar-refractivity contribution in [2.24, 2.45) is 5.92 Å². The summed E-state index contributed by atoms with van der Waals surface area (Å²) in [5, 5.41) is 3.81. The SMILES string of the molecule is C=CC1CC1(NC(=O)[C@@H]1C[C@@H](Oc2cc(-c3ccccc3)nc3cc(OC)ccc23)CN1C(=O)[C@H](c1ccccc1)N1CCCCC1)C(=O)OCC. The molecule has 7 rings (SSSR count). The van der Waals surface area contributed by atoms with Gasteiger partial charge in [0.2, 0.25) is 11.8 Å². The van der Waals surface area contributed by atoms with Crippen molar-refractivity contribution in [3.63, 3.8) is 0 Å². The summed E-state index contributed by atoms with van der Waals surface area (Å²) in [6, 6.07) is 25.8. The molecule has 1 aliphatic carbocycles. The molecule has 10 nitrogen and oxygen atoms in total. The molecule has 0 bridgehead atoms. The molecule has 1 aromatic heterocycles. The predicted molar refractivity (Wildman–Crippen MR) is 199 cm³/mol. The lowest BCUT2D eigenvalue weighted by Gasteiger charge is -2.37. The number of amides is 2. The minimum Gasteiger partial charge on any atom is -0.497 e. The number of aromatic nitrogens is 1. The average Bonchev–Trinajstić information content (AvgIpc) is 3.74. The second-order valence-electron chi connectivity index (χ2n) is 13.9. The van der Waals surface area contributed by atoms with Crippen molar-refractivity contribution < 1.29 is 28.6 Å². The number of rotatable bonds is 12. The molecule has 0 spiro atoms. The Kier molecular flexibility index (Phi) is 10.3. The summed E-state index contributed by atoms with van der Waals surface area (Å²) < 4.78 is 17.7. The van der Waals surface area contributed by atoms with Gasteiger partial charge in [-0.05, 0) is 57.0 Å². The minimum absolute atomic E-state index is 0.158. The Hall–Kier alpha value is -5.22. The lowest BCUT2D eigenvalue weighted by atomic mass is 10.00. The summed E-state index contributed by atoms with van der Waals surface area (Å²) in [5.41, 5.74) is 2.04. The van der Waals surface area contributed by atoms with E-state index in [1.165, 1.54) is 0 Å². The molecule has 4 aromatic rings. The van der Waals surface area contributed by atoms with Crippen molar-refractivity contribution in [3.05, 3.63) is 103 Å². The topological polar surface area (TPSA) is 110 Å². The zero-order valence-electron chi connectivity index (χ0n) is 29.8. The highest BCUT2D eigenvalue weighted by Gasteiger charge is 2.62. The first-order valence-corrected chi connectivity index (χ1v) is 18.3. The molecular weight excluding hydrogens is 656 g/mol. The van der Waals surface area contributed by atoms with Crippen LogP contribution in [0.5, 0.6) is 11.5 Å². The standard InChI is InChI=1S/C42H46N4O6/c1-4-30-26-42(30,41(49)51-5-2)44-39(47)36-24-32(27-46(36)40(48)38(29-17-11-7-12-18-29)45-21-13-8-14-22-45)52-37-25-34(28-15-9-6-10-16-28)43-35-23-31(50-3)19-20-33(35)37/h4,6-7,9-12,15-20,23,25,30,32,36,38H,1,5,8,13-14,21-22,24,26-27H2,2-3H3,(H,44,47)/t30?,32-,36+,38+,42?/m1/s1. The first kappa shape index (κ1) is 35.2. The quantitative estimate of drug-likeness (QED) is 0.139.